The number of likely N-dealkylation sites (N-methyl/N-ethyl adjacent to an activating group) is 1. The van der Waals surface area contributed by atoms with Crippen LogP contribution >= 0.6 is 27.3 Å². The summed E-state index contributed by atoms with van der Waals surface area (Å²) in [7, 11) is 1.93. The van der Waals surface area contributed by atoms with E-state index in [9.17, 15) is 4.79 Å². The summed E-state index contributed by atoms with van der Waals surface area (Å²) in [5, 5.41) is 11.6. The monoisotopic (exact) mass is 377 g/mol. The van der Waals surface area contributed by atoms with Gasteiger partial charge in [-0.15, -0.1) is 11.3 Å². The van der Waals surface area contributed by atoms with Crippen molar-refractivity contribution in [3.63, 3.8) is 0 Å². The van der Waals surface area contributed by atoms with Crippen LogP contribution in [0.25, 0.3) is 0 Å². The molecule has 1 atom stereocenters. The maximum atomic E-state index is 12.3. The van der Waals surface area contributed by atoms with Crippen LogP contribution in [0, 0.1) is 11.3 Å². The molecule has 2 aromatic rings. The molecule has 0 aliphatic rings. The molecular weight excluding hydrogens is 362 g/mol. The minimum atomic E-state index is -0.253. The Morgan fingerprint density at radius 1 is 1.36 bits per heavy atom. The highest BCUT2D eigenvalue weighted by Gasteiger charge is 2.18. The Labute approximate surface area is 142 Å². The highest BCUT2D eigenvalue weighted by atomic mass is 79.9. The molecule has 22 heavy (non-hydrogen) atoms. The molecule has 0 radical (unpaired) electrons. The fourth-order valence-electron chi connectivity index (χ4n) is 1.89. The Kier molecular flexibility index (Phi) is 5.72. The van der Waals surface area contributed by atoms with Gasteiger partial charge < -0.3 is 5.32 Å². The maximum Gasteiger partial charge on any atom is 0.241 e. The van der Waals surface area contributed by atoms with Crippen LogP contribution in [0.1, 0.15) is 17.4 Å². The van der Waals surface area contributed by atoms with Gasteiger partial charge in [0.1, 0.15) is 0 Å². The van der Waals surface area contributed by atoms with Gasteiger partial charge in [0.05, 0.1) is 21.5 Å². The first kappa shape index (κ1) is 16.7. The molecule has 0 saturated heterocycles. The molecule has 0 fully saturated rings. The van der Waals surface area contributed by atoms with E-state index in [2.05, 4.69) is 33.4 Å². The van der Waals surface area contributed by atoms with Crippen LogP contribution < -0.4 is 5.32 Å². The molecule has 6 heteroatoms. The van der Waals surface area contributed by atoms with E-state index in [1.54, 1.807) is 35.6 Å². The van der Waals surface area contributed by atoms with Crippen molar-refractivity contribution in [3.8, 4) is 6.07 Å². The largest absolute Gasteiger partial charge is 0.325 e. The van der Waals surface area contributed by atoms with Crippen LogP contribution in [0.5, 0.6) is 0 Å². The minimum absolute atomic E-state index is 0.0668. The quantitative estimate of drug-likeness (QED) is 0.860. The van der Waals surface area contributed by atoms with Crippen molar-refractivity contribution in [1.82, 2.24) is 4.90 Å². The number of hydrogen-bond donors (Lipinski definition) is 1. The number of halogens is 1. The van der Waals surface area contributed by atoms with E-state index in [0.29, 0.717) is 11.3 Å². The molecule has 0 aliphatic heterocycles. The summed E-state index contributed by atoms with van der Waals surface area (Å²) in [6.07, 6.45) is 0. The Bertz CT molecular complexity index is 690. The van der Waals surface area contributed by atoms with E-state index < -0.39 is 0 Å². The molecular formula is C16H16BrN3OS. The minimum Gasteiger partial charge on any atom is -0.325 e. The second-order valence-electron chi connectivity index (χ2n) is 4.98. The highest BCUT2D eigenvalue weighted by molar-refractivity contribution is 9.11. The van der Waals surface area contributed by atoms with Crippen molar-refractivity contribution >= 4 is 38.9 Å². The van der Waals surface area contributed by atoms with Crippen LogP contribution in [-0.2, 0) is 11.3 Å². The number of nitrogens with zero attached hydrogens (tertiary/aromatic N) is 2. The van der Waals surface area contributed by atoms with Crippen LogP contribution in [0.3, 0.4) is 0 Å². The summed E-state index contributed by atoms with van der Waals surface area (Å²) >= 11 is 5.11. The number of carbonyl (C=O) groups is 1. The number of hydrogen-bond acceptors (Lipinski definition) is 4. The van der Waals surface area contributed by atoms with E-state index in [0.717, 1.165) is 10.3 Å². The molecule has 0 aliphatic carbocycles. The van der Waals surface area contributed by atoms with E-state index in [4.69, 9.17) is 5.26 Å². The number of nitrogens with one attached hydrogen (secondary N) is 1. The summed E-state index contributed by atoms with van der Waals surface area (Å²) in [4.78, 5) is 15.5. The third-order valence-electron chi connectivity index (χ3n) is 3.36. The van der Waals surface area contributed by atoms with Crippen molar-refractivity contribution < 1.29 is 4.79 Å². The zero-order valence-electron chi connectivity index (χ0n) is 12.3. The molecule has 1 aromatic heterocycles. The van der Waals surface area contributed by atoms with Crippen LogP contribution in [0.4, 0.5) is 5.69 Å². The zero-order valence-corrected chi connectivity index (χ0v) is 14.7. The van der Waals surface area contributed by atoms with Gasteiger partial charge in [0.2, 0.25) is 5.91 Å². The standard InChI is InChI=1S/C16H16BrN3OS/c1-11(20(2)10-14-7-8-15(17)22-14)16(21)19-13-5-3-12(9-18)4-6-13/h3-8,11H,10H2,1-2H3,(H,19,21)/t11-/m0/s1. The number of amides is 1. The topological polar surface area (TPSA) is 56.1 Å². The number of anilines is 1. The van der Waals surface area contributed by atoms with E-state index in [1.807, 2.05) is 24.9 Å². The summed E-state index contributed by atoms with van der Waals surface area (Å²) in [6, 6.07) is 12.7. The first-order valence-electron chi connectivity index (χ1n) is 6.75. The van der Waals surface area contributed by atoms with Crippen LogP contribution in [-0.4, -0.2) is 23.9 Å². The predicted molar refractivity (Wildman–Crippen MR) is 92.7 cm³/mol. The Morgan fingerprint density at radius 2 is 2.05 bits per heavy atom. The maximum absolute atomic E-state index is 12.3. The van der Waals surface area contributed by atoms with Crippen molar-refractivity contribution in [3.05, 3.63) is 50.6 Å². The van der Waals surface area contributed by atoms with Crippen LogP contribution in [0.15, 0.2) is 40.2 Å². The second-order valence-corrected chi connectivity index (χ2v) is 7.52. The predicted octanol–water partition coefficient (Wildman–Crippen LogP) is 3.84. The summed E-state index contributed by atoms with van der Waals surface area (Å²) in [5.41, 5.74) is 1.27. The highest BCUT2D eigenvalue weighted by Crippen LogP contribution is 2.23. The first-order chi connectivity index (χ1) is 10.5. The Morgan fingerprint density at radius 3 is 2.59 bits per heavy atom. The van der Waals surface area contributed by atoms with Gasteiger partial charge in [-0.05, 0) is 66.3 Å². The normalized spacial score (nSPS) is 12.0. The molecule has 1 N–H and O–H groups in total. The van der Waals surface area contributed by atoms with E-state index >= 15 is 0 Å². The number of nitriles is 1. The van der Waals surface area contributed by atoms with Gasteiger partial charge in [-0.25, -0.2) is 0 Å². The first-order valence-corrected chi connectivity index (χ1v) is 8.36. The molecule has 0 unspecified atom stereocenters. The fourth-order valence-corrected chi connectivity index (χ4v) is 3.44. The number of benzene rings is 1. The fraction of sp³-hybridized carbons (Fsp3) is 0.250. The molecule has 0 spiro atoms. The lowest BCUT2D eigenvalue weighted by molar-refractivity contribution is -0.120. The van der Waals surface area contributed by atoms with Crippen molar-refractivity contribution in [1.29, 1.82) is 5.26 Å². The number of carbonyl (C=O) groups excluding carboxylic acids is 1. The molecule has 0 saturated carbocycles. The summed E-state index contributed by atoms with van der Waals surface area (Å²) < 4.78 is 1.09. The third-order valence-corrected chi connectivity index (χ3v) is 4.96. The lowest BCUT2D eigenvalue weighted by Gasteiger charge is -2.23. The van der Waals surface area contributed by atoms with Gasteiger partial charge in [0, 0.05) is 17.1 Å². The molecule has 1 aromatic carbocycles. The molecule has 114 valence electrons. The molecule has 4 nitrogen and oxygen atoms in total. The second kappa shape index (κ2) is 7.54. The number of rotatable bonds is 5. The molecule has 0 bridgehead atoms. The smallest absolute Gasteiger partial charge is 0.241 e. The zero-order chi connectivity index (χ0) is 16.1. The average molecular weight is 378 g/mol. The van der Waals surface area contributed by atoms with Crippen molar-refractivity contribution in [2.45, 2.75) is 19.5 Å². The van der Waals surface area contributed by atoms with Gasteiger partial charge in [-0.2, -0.15) is 5.26 Å². The summed E-state index contributed by atoms with van der Waals surface area (Å²) in [6.45, 7) is 2.60. The lowest BCUT2D eigenvalue weighted by Crippen LogP contribution is -2.39. The van der Waals surface area contributed by atoms with Gasteiger partial charge >= 0.3 is 0 Å². The Balaban J connectivity index is 1.94. The molecule has 1 amide bonds. The average Bonchev–Trinajstić information content (AvgIpc) is 2.92. The lowest BCUT2D eigenvalue weighted by atomic mass is 10.2. The van der Waals surface area contributed by atoms with Gasteiger partial charge in [-0.1, -0.05) is 0 Å². The SMILES string of the molecule is C[C@@H](C(=O)Nc1ccc(C#N)cc1)N(C)Cc1ccc(Br)s1. The van der Waals surface area contributed by atoms with Crippen LogP contribution in [0.2, 0.25) is 0 Å². The number of thiophene rings is 1. The van der Waals surface area contributed by atoms with E-state index in [-0.39, 0.29) is 11.9 Å². The molecule has 2 rings (SSSR count). The molecule has 1 heterocycles. The van der Waals surface area contributed by atoms with Crippen molar-refractivity contribution in [2.24, 2.45) is 0 Å². The third kappa shape index (κ3) is 4.41. The van der Waals surface area contributed by atoms with E-state index in [1.165, 1.54) is 4.88 Å². The van der Waals surface area contributed by atoms with Gasteiger partial charge in [0.25, 0.3) is 0 Å². The summed E-state index contributed by atoms with van der Waals surface area (Å²) in [5.74, 6) is -0.0668. The van der Waals surface area contributed by atoms with Gasteiger partial charge in [0.15, 0.2) is 0 Å². The van der Waals surface area contributed by atoms with Crippen molar-refractivity contribution in [2.75, 3.05) is 12.4 Å². The van der Waals surface area contributed by atoms with Gasteiger partial charge in [-0.3, -0.25) is 9.69 Å². The Hall–Kier alpha value is -1.68.